The van der Waals surface area contributed by atoms with Gasteiger partial charge in [-0.05, 0) is 24.5 Å². The number of nitrogens with one attached hydrogen (secondary N) is 2. The maximum absolute atomic E-state index is 12.0. The van der Waals surface area contributed by atoms with Gasteiger partial charge in [0.25, 0.3) is 5.91 Å². The molecule has 112 valence electrons. The third-order valence-electron chi connectivity index (χ3n) is 3.10. The highest BCUT2D eigenvalue weighted by molar-refractivity contribution is 5.97. The molecule has 1 unspecified atom stereocenters. The quantitative estimate of drug-likeness (QED) is 0.402. The Kier molecular flexibility index (Phi) is 6.99. The molecule has 0 aliphatic carbocycles. The predicted octanol–water partition coefficient (Wildman–Crippen LogP) is 1.42. The van der Waals surface area contributed by atoms with E-state index in [0.717, 1.165) is 12.0 Å². The van der Waals surface area contributed by atoms with Crippen LogP contribution < -0.4 is 10.6 Å². The molecule has 0 fully saturated rings. The number of amides is 1. The lowest BCUT2D eigenvalue weighted by Gasteiger charge is -2.14. The molecule has 21 heavy (non-hydrogen) atoms. The minimum absolute atomic E-state index is 0.0134. The number of aliphatic hydroxyl groups is 1. The van der Waals surface area contributed by atoms with Crippen molar-refractivity contribution in [3.05, 3.63) is 47.2 Å². The highest BCUT2D eigenvalue weighted by Gasteiger charge is 2.13. The Balaban J connectivity index is 2.67. The van der Waals surface area contributed by atoms with Gasteiger partial charge in [0.15, 0.2) is 0 Å². The van der Waals surface area contributed by atoms with Crippen molar-refractivity contribution in [1.29, 1.82) is 5.26 Å². The van der Waals surface area contributed by atoms with Gasteiger partial charge in [0, 0.05) is 12.7 Å². The van der Waals surface area contributed by atoms with Crippen molar-refractivity contribution < 1.29 is 9.90 Å². The summed E-state index contributed by atoms with van der Waals surface area (Å²) in [5.74, 6) is -0.435. The van der Waals surface area contributed by atoms with E-state index in [1.165, 1.54) is 11.8 Å². The van der Waals surface area contributed by atoms with E-state index in [9.17, 15) is 4.79 Å². The van der Waals surface area contributed by atoms with Gasteiger partial charge >= 0.3 is 0 Å². The Morgan fingerprint density at radius 2 is 2.10 bits per heavy atom. The molecule has 5 nitrogen and oxygen atoms in total. The molecule has 1 aromatic carbocycles. The van der Waals surface area contributed by atoms with Crippen LogP contribution in [0.2, 0.25) is 0 Å². The summed E-state index contributed by atoms with van der Waals surface area (Å²) in [6.07, 6.45) is 2.29. The van der Waals surface area contributed by atoms with Crippen LogP contribution >= 0.6 is 0 Å². The van der Waals surface area contributed by atoms with Gasteiger partial charge < -0.3 is 15.7 Å². The summed E-state index contributed by atoms with van der Waals surface area (Å²) in [7, 11) is 0. The van der Waals surface area contributed by atoms with Crippen LogP contribution in [0.5, 0.6) is 0 Å². The smallest absolute Gasteiger partial charge is 0.263 e. The first-order chi connectivity index (χ1) is 10.1. The van der Waals surface area contributed by atoms with E-state index in [2.05, 4.69) is 17.6 Å². The number of aryl methyl sites for hydroxylation is 1. The number of hydrogen-bond donors (Lipinski definition) is 3. The van der Waals surface area contributed by atoms with Crippen LogP contribution in [0.3, 0.4) is 0 Å². The van der Waals surface area contributed by atoms with Crippen LogP contribution in [0, 0.1) is 11.3 Å². The van der Waals surface area contributed by atoms with E-state index in [1.807, 2.05) is 37.3 Å². The van der Waals surface area contributed by atoms with Crippen LogP contribution in [-0.4, -0.2) is 24.2 Å². The van der Waals surface area contributed by atoms with Crippen LogP contribution in [0.1, 0.15) is 31.0 Å². The fourth-order valence-electron chi connectivity index (χ4n) is 1.79. The third kappa shape index (κ3) is 5.28. The SMILES string of the molecule is CCc1ccc(C(C)NC(=O)/C(C#N)=C\NCCO)cc1. The molecule has 1 amide bonds. The molecule has 1 aromatic rings. The number of benzene rings is 1. The van der Waals surface area contributed by atoms with Gasteiger partial charge in [0.1, 0.15) is 11.6 Å². The molecule has 1 atom stereocenters. The molecule has 3 N–H and O–H groups in total. The van der Waals surface area contributed by atoms with Crippen molar-refractivity contribution in [3.63, 3.8) is 0 Å². The van der Waals surface area contributed by atoms with E-state index >= 15 is 0 Å². The first kappa shape index (κ1) is 16.7. The average molecular weight is 287 g/mol. The summed E-state index contributed by atoms with van der Waals surface area (Å²) in [5.41, 5.74) is 2.21. The van der Waals surface area contributed by atoms with Gasteiger partial charge in [-0.25, -0.2) is 0 Å². The van der Waals surface area contributed by atoms with Crippen molar-refractivity contribution >= 4 is 5.91 Å². The second kappa shape index (κ2) is 8.77. The van der Waals surface area contributed by atoms with Gasteiger partial charge in [-0.2, -0.15) is 5.26 Å². The molecule has 0 spiro atoms. The maximum Gasteiger partial charge on any atom is 0.263 e. The van der Waals surface area contributed by atoms with Crippen molar-refractivity contribution in [1.82, 2.24) is 10.6 Å². The predicted molar refractivity (Wildman–Crippen MR) is 81.2 cm³/mol. The molecule has 0 bridgehead atoms. The summed E-state index contributed by atoms with van der Waals surface area (Å²) in [6, 6.07) is 9.67. The molecule has 5 heteroatoms. The van der Waals surface area contributed by atoms with E-state index in [4.69, 9.17) is 10.4 Å². The minimum atomic E-state index is -0.435. The molecule has 0 saturated carbocycles. The zero-order valence-corrected chi connectivity index (χ0v) is 12.4. The number of nitrogens with zero attached hydrogens (tertiary/aromatic N) is 1. The van der Waals surface area contributed by atoms with Crippen LogP contribution in [0.15, 0.2) is 36.0 Å². The van der Waals surface area contributed by atoms with Gasteiger partial charge in [-0.1, -0.05) is 31.2 Å². The summed E-state index contributed by atoms with van der Waals surface area (Å²) in [4.78, 5) is 12.0. The largest absolute Gasteiger partial charge is 0.395 e. The topological polar surface area (TPSA) is 85.2 Å². The maximum atomic E-state index is 12.0. The van der Waals surface area contributed by atoms with Gasteiger partial charge in [-0.15, -0.1) is 0 Å². The van der Waals surface area contributed by atoms with Gasteiger partial charge in [0.2, 0.25) is 0 Å². The minimum Gasteiger partial charge on any atom is -0.395 e. The first-order valence-electron chi connectivity index (χ1n) is 6.96. The summed E-state index contributed by atoms with van der Waals surface area (Å²) >= 11 is 0. The number of rotatable bonds is 7. The van der Waals surface area contributed by atoms with Gasteiger partial charge in [-0.3, -0.25) is 4.79 Å². The lowest BCUT2D eigenvalue weighted by molar-refractivity contribution is -0.117. The van der Waals surface area contributed by atoms with Crippen molar-refractivity contribution in [2.24, 2.45) is 0 Å². The number of hydrogen-bond acceptors (Lipinski definition) is 4. The number of aliphatic hydroxyl groups excluding tert-OH is 1. The molecule has 0 aromatic heterocycles. The standard InChI is InChI=1S/C16H21N3O2/c1-3-13-4-6-14(7-5-13)12(2)19-16(21)15(10-17)11-18-8-9-20/h4-7,11-12,18,20H,3,8-9H2,1-2H3,(H,19,21)/b15-11-. The van der Waals surface area contributed by atoms with Crippen molar-refractivity contribution in [2.45, 2.75) is 26.3 Å². The van der Waals surface area contributed by atoms with E-state index in [0.29, 0.717) is 6.54 Å². The van der Waals surface area contributed by atoms with Crippen LogP contribution in [0.25, 0.3) is 0 Å². The Bertz CT molecular complexity index is 529. The molecule has 0 heterocycles. The zero-order chi connectivity index (χ0) is 15.7. The highest BCUT2D eigenvalue weighted by Crippen LogP contribution is 2.14. The molecule has 0 radical (unpaired) electrons. The molecular weight excluding hydrogens is 266 g/mol. The van der Waals surface area contributed by atoms with E-state index < -0.39 is 5.91 Å². The van der Waals surface area contributed by atoms with Crippen LogP contribution in [0.4, 0.5) is 0 Å². The van der Waals surface area contributed by atoms with Crippen molar-refractivity contribution in [2.75, 3.05) is 13.2 Å². The molecule has 1 rings (SSSR count). The molecular formula is C16H21N3O2. The summed E-state index contributed by atoms with van der Waals surface area (Å²) in [5, 5.41) is 23.1. The summed E-state index contributed by atoms with van der Waals surface area (Å²) in [6.45, 7) is 4.20. The Morgan fingerprint density at radius 3 is 2.62 bits per heavy atom. The van der Waals surface area contributed by atoms with Gasteiger partial charge in [0.05, 0.1) is 12.6 Å². The first-order valence-corrected chi connectivity index (χ1v) is 6.96. The molecule has 0 saturated heterocycles. The van der Waals surface area contributed by atoms with E-state index in [1.54, 1.807) is 0 Å². The second-order valence-electron chi connectivity index (χ2n) is 4.64. The monoisotopic (exact) mass is 287 g/mol. The fraction of sp³-hybridized carbons (Fsp3) is 0.375. The summed E-state index contributed by atoms with van der Waals surface area (Å²) < 4.78 is 0. The molecule has 0 aliphatic rings. The zero-order valence-electron chi connectivity index (χ0n) is 12.4. The normalized spacial score (nSPS) is 12.4. The Hall–Kier alpha value is -2.32. The highest BCUT2D eigenvalue weighted by atomic mass is 16.3. The number of nitriles is 1. The third-order valence-corrected chi connectivity index (χ3v) is 3.10. The van der Waals surface area contributed by atoms with Crippen LogP contribution in [-0.2, 0) is 11.2 Å². The Labute approximate surface area is 125 Å². The number of carbonyl (C=O) groups is 1. The van der Waals surface area contributed by atoms with Crippen molar-refractivity contribution in [3.8, 4) is 6.07 Å². The Morgan fingerprint density at radius 1 is 1.43 bits per heavy atom. The average Bonchev–Trinajstić information content (AvgIpc) is 2.51. The number of carbonyl (C=O) groups excluding carboxylic acids is 1. The van der Waals surface area contributed by atoms with E-state index in [-0.39, 0.29) is 18.2 Å². The lowest BCUT2D eigenvalue weighted by atomic mass is 10.0. The molecule has 0 aliphatic heterocycles. The second-order valence-corrected chi connectivity index (χ2v) is 4.64. The fourth-order valence-corrected chi connectivity index (χ4v) is 1.79. The lowest BCUT2D eigenvalue weighted by Crippen LogP contribution is -2.28.